The minimum Gasteiger partial charge on any atom is -0.496 e. The average Bonchev–Trinajstić information content (AvgIpc) is 3.06. The van der Waals surface area contributed by atoms with E-state index in [2.05, 4.69) is 22.3 Å². The molecule has 3 unspecified atom stereocenters. The standard InChI is InChI=1S/C17H24N4O2/c1-11-3-4-15(22-2)14-8-13(7-12-5-6-19-9-12)23-16(17(11)14)10-20-21-18/h3-4,12-13,16,19H,5-10H2,1-2H3. The summed E-state index contributed by atoms with van der Waals surface area (Å²) in [6, 6.07) is 4.07. The lowest BCUT2D eigenvalue weighted by molar-refractivity contribution is -0.0319. The predicted molar refractivity (Wildman–Crippen MR) is 88.7 cm³/mol. The van der Waals surface area contributed by atoms with Crippen LogP contribution in [0.2, 0.25) is 0 Å². The molecule has 23 heavy (non-hydrogen) atoms. The fourth-order valence-corrected chi connectivity index (χ4v) is 3.86. The summed E-state index contributed by atoms with van der Waals surface area (Å²) in [5.74, 6) is 1.58. The maximum absolute atomic E-state index is 8.68. The number of ether oxygens (including phenoxy) is 2. The number of nitrogens with one attached hydrogen (secondary N) is 1. The zero-order chi connectivity index (χ0) is 16.2. The molecule has 6 nitrogen and oxygen atoms in total. The maximum atomic E-state index is 8.68. The second-order valence-electron chi connectivity index (χ2n) is 6.44. The van der Waals surface area contributed by atoms with Gasteiger partial charge in [0.15, 0.2) is 0 Å². The number of aryl methyl sites for hydroxylation is 1. The van der Waals surface area contributed by atoms with Gasteiger partial charge in [-0.1, -0.05) is 11.2 Å². The van der Waals surface area contributed by atoms with Gasteiger partial charge in [0.1, 0.15) is 5.75 Å². The van der Waals surface area contributed by atoms with Crippen molar-refractivity contribution in [3.63, 3.8) is 0 Å². The van der Waals surface area contributed by atoms with Gasteiger partial charge in [0.2, 0.25) is 0 Å². The molecule has 2 aliphatic heterocycles. The third-order valence-corrected chi connectivity index (χ3v) is 4.93. The summed E-state index contributed by atoms with van der Waals surface area (Å²) in [6.07, 6.45) is 3.09. The maximum Gasteiger partial charge on any atom is 0.122 e. The number of hydrogen-bond acceptors (Lipinski definition) is 4. The Bertz CT molecular complexity index is 607. The van der Waals surface area contributed by atoms with E-state index in [1.54, 1.807) is 7.11 Å². The summed E-state index contributed by atoms with van der Waals surface area (Å²) in [5, 5.41) is 7.17. The van der Waals surface area contributed by atoms with Gasteiger partial charge in [0.05, 0.1) is 25.9 Å². The average molecular weight is 316 g/mol. The zero-order valence-corrected chi connectivity index (χ0v) is 13.8. The molecule has 6 heteroatoms. The second kappa shape index (κ2) is 7.21. The third-order valence-electron chi connectivity index (χ3n) is 4.93. The van der Waals surface area contributed by atoms with Crippen LogP contribution in [0, 0.1) is 12.8 Å². The molecule has 0 aliphatic carbocycles. The summed E-state index contributed by atoms with van der Waals surface area (Å²) < 4.78 is 11.9. The van der Waals surface area contributed by atoms with Crippen molar-refractivity contribution in [3.8, 4) is 5.75 Å². The molecule has 124 valence electrons. The molecule has 1 fully saturated rings. The van der Waals surface area contributed by atoms with E-state index in [-0.39, 0.29) is 12.2 Å². The van der Waals surface area contributed by atoms with Crippen LogP contribution in [0.1, 0.15) is 35.6 Å². The Morgan fingerprint density at radius 1 is 1.48 bits per heavy atom. The zero-order valence-electron chi connectivity index (χ0n) is 13.8. The van der Waals surface area contributed by atoms with Crippen LogP contribution in [-0.2, 0) is 11.2 Å². The first-order valence-corrected chi connectivity index (χ1v) is 8.26. The van der Waals surface area contributed by atoms with Crippen molar-refractivity contribution >= 4 is 0 Å². The Balaban J connectivity index is 1.89. The number of nitrogens with zero attached hydrogens (tertiary/aromatic N) is 3. The molecule has 0 saturated carbocycles. The molecular formula is C17H24N4O2. The lowest BCUT2D eigenvalue weighted by Crippen LogP contribution is -2.31. The van der Waals surface area contributed by atoms with Gasteiger partial charge in [-0.15, -0.1) is 0 Å². The van der Waals surface area contributed by atoms with Crippen molar-refractivity contribution in [3.05, 3.63) is 39.3 Å². The number of fused-ring (bicyclic) bond motifs is 1. The molecule has 0 amide bonds. The van der Waals surface area contributed by atoms with Crippen LogP contribution in [0.3, 0.4) is 0 Å². The SMILES string of the molecule is COc1ccc(C)c2c1CC(CC1CCNC1)OC2CN=[N+]=[N-]. The summed E-state index contributed by atoms with van der Waals surface area (Å²) in [7, 11) is 1.71. The highest BCUT2D eigenvalue weighted by Crippen LogP contribution is 2.39. The van der Waals surface area contributed by atoms with Crippen LogP contribution < -0.4 is 10.1 Å². The van der Waals surface area contributed by atoms with Gasteiger partial charge >= 0.3 is 0 Å². The minimum absolute atomic E-state index is 0.155. The molecular weight excluding hydrogens is 292 g/mol. The summed E-state index contributed by atoms with van der Waals surface area (Å²) >= 11 is 0. The molecule has 1 aromatic carbocycles. The first-order valence-electron chi connectivity index (χ1n) is 8.26. The van der Waals surface area contributed by atoms with Gasteiger partial charge in [-0.2, -0.15) is 0 Å². The van der Waals surface area contributed by atoms with Crippen LogP contribution in [0.4, 0.5) is 0 Å². The van der Waals surface area contributed by atoms with Gasteiger partial charge in [0.25, 0.3) is 0 Å². The van der Waals surface area contributed by atoms with Crippen molar-refractivity contribution in [2.24, 2.45) is 11.0 Å². The van der Waals surface area contributed by atoms with Gasteiger partial charge in [-0.05, 0) is 61.5 Å². The number of methoxy groups -OCH3 is 1. The highest BCUT2D eigenvalue weighted by atomic mass is 16.5. The van der Waals surface area contributed by atoms with E-state index in [0.29, 0.717) is 12.5 Å². The molecule has 0 spiro atoms. The summed E-state index contributed by atoms with van der Waals surface area (Å²) in [5.41, 5.74) is 12.2. The number of rotatable bonds is 5. The van der Waals surface area contributed by atoms with Gasteiger partial charge in [-0.3, -0.25) is 0 Å². The first-order chi connectivity index (χ1) is 11.2. The van der Waals surface area contributed by atoms with Gasteiger partial charge in [0, 0.05) is 16.9 Å². The van der Waals surface area contributed by atoms with E-state index in [9.17, 15) is 0 Å². The molecule has 0 bridgehead atoms. The van der Waals surface area contributed by atoms with Gasteiger partial charge in [-0.25, -0.2) is 0 Å². The molecule has 0 aromatic heterocycles. The van der Waals surface area contributed by atoms with Crippen molar-refractivity contribution < 1.29 is 9.47 Å². The fraction of sp³-hybridized carbons (Fsp3) is 0.647. The topological polar surface area (TPSA) is 79.2 Å². The first kappa shape index (κ1) is 16.1. The Morgan fingerprint density at radius 2 is 2.35 bits per heavy atom. The third kappa shape index (κ3) is 3.44. The van der Waals surface area contributed by atoms with Crippen LogP contribution in [0.5, 0.6) is 5.75 Å². The van der Waals surface area contributed by atoms with Crippen molar-refractivity contribution in [1.29, 1.82) is 0 Å². The largest absolute Gasteiger partial charge is 0.496 e. The van der Waals surface area contributed by atoms with Crippen LogP contribution in [0.15, 0.2) is 17.2 Å². The molecule has 1 aromatic rings. The Morgan fingerprint density at radius 3 is 3.04 bits per heavy atom. The molecule has 2 heterocycles. The van der Waals surface area contributed by atoms with E-state index >= 15 is 0 Å². The molecule has 3 rings (SSSR count). The van der Waals surface area contributed by atoms with E-state index in [1.807, 2.05) is 12.1 Å². The Hall–Kier alpha value is -1.75. The Labute approximate surface area is 136 Å². The van der Waals surface area contributed by atoms with Gasteiger partial charge < -0.3 is 14.8 Å². The van der Waals surface area contributed by atoms with E-state index in [4.69, 9.17) is 15.0 Å². The molecule has 1 saturated heterocycles. The van der Waals surface area contributed by atoms with E-state index < -0.39 is 0 Å². The normalized spacial score (nSPS) is 26.4. The smallest absolute Gasteiger partial charge is 0.122 e. The van der Waals surface area contributed by atoms with Crippen molar-refractivity contribution in [2.75, 3.05) is 26.7 Å². The molecule has 1 N–H and O–H groups in total. The minimum atomic E-state index is -0.177. The predicted octanol–water partition coefficient (Wildman–Crippen LogP) is 3.30. The monoisotopic (exact) mass is 316 g/mol. The molecule has 2 aliphatic rings. The highest BCUT2D eigenvalue weighted by Gasteiger charge is 2.32. The quantitative estimate of drug-likeness (QED) is 0.514. The van der Waals surface area contributed by atoms with Crippen molar-refractivity contribution in [2.45, 2.75) is 38.4 Å². The number of benzene rings is 1. The van der Waals surface area contributed by atoms with Crippen LogP contribution in [-0.4, -0.2) is 32.8 Å². The fourth-order valence-electron chi connectivity index (χ4n) is 3.86. The van der Waals surface area contributed by atoms with Crippen LogP contribution in [0.25, 0.3) is 10.4 Å². The lowest BCUT2D eigenvalue weighted by atomic mass is 9.87. The second-order valence-corrected chi connectivity index (χ2v) is 6.44. The van der Waals surface area contributed by atoms with Crippen molar-refractivity contribution in [1.82, 2.24) is 5.32 Å². The van der Waals surface area contributed by atoms with E-state index in [1.165, 1.54) is 17.5 Å². The number of hydrogen-bond donors (Lipinski definition) is 1. The highest BCUT2D eigenvalue weighted by molar-refractivity contribution is 5.47. The van der Waals surface area contributed by atoms with E-state index in [0.717, 1.165) is 37.2 Å². The Kier molecular flexibility index (Phi) is 5.06. The summed E-state index contributed by atoms with van der Waals surface area (Å²) in [4.78, 5) is 2.91. The van der Waals surface area contributed by atoms with Crippen LogP contribution >= 0.6 is 0 Å². The number of azide groups is 1. The lowest BCUT2D eigenvalue weighted by Gasteiger charge is -2.35. The molecule has 3 atom stereocenters. The molecule has 0 radical (unpaired) electrons. The summed E-state index contributed by atoms with van der Waals surface area (Å²) in [6.45, 7) is 4.57.